The number of carbonyl (C=O) groups is 1. The Bertz CT molecular complexity index is 1060. The fourth-order valence-electron chi connectivity index (χ4n) is 4.00. The van der Waals surface area contributed by atoms with Gasteiger partial charge in [-0.25, -0.2) is 4.79 Å². The molecule has 0 amide bonds. The van der Waals surface area contributed by atoms with E-state index in [1.165, 1.54) is 41.0 Å². The summed E-state index contributed by atoms with van der Waals surface area (Å²) in [5, 5.41) is 12.4. The molecule has 1 aliphatic carbocycles. The maximum atomic E-state index is 11.3. The van der Waals surface area contributed by atoms with Crippen LogP contribution in [0.4, 0.5) is 17.1 Å². The molecule has 1 aliphatic rings. The summed E-state index contributed by atoms with van der Waals surface area (Å²) in [5.41, 5.74) is 5.78. The number of aromatic carboxylic acids is 1. The third-order valence-corrected chi connectivity index (χ3v) is 5.64. The summed E-state index contributed by atoms with van der Waals surface area (Å²) in [6.07, 6.45) is 10.3. The first kappa shape index (κ1) is 19.7. The highest BCUT2D eigenvalue weighted by molar-refractivity contribution is 5.94. The zero-order valence-electron chi connectivity index (χ0n) is 17.0. The van der Waals surface area contributed by atoms with E-state index in [1.54, 1.807) is 0 Å². The Hall–Kier alpha value is -3.60. The number of allylic oxidation sites excluding steroid dienone is 1. The quantitative estimate of drug-likeness (QED) is 0.565. The molecule has 5 heteroatoms. The Morgan fingerprint density at radius 2 is 2.00 bits per heavy atom. The Labute approximate surface area is 176 Å². The molecule has 2 aromatic carbocycles. The smallest absolute Gasteiger partial charge is 0.337 e. The maximum absolute atomic E-state index is 11.3. The van der Waals surface area contributed by atoms with Gasteiger partial charge in [0.05, 0.1) is 17.4 Å². The fourth-order valence-corrected chi connectivity index (χ4v) is 4.00. The third-order valence-electron chi connectivity index (χ3n) is 5.64. The molecule has 1 unspecified atom stereocenters. The van der Waals surface area contributed by atoms with E-state index >= 15 is 0 Å². The Kier molecular flexibility index (Phi) is 5.80. The molecule has 5 nitrogen and oxygen atoms in total. The van der Waals surface area contributed by atoms with Gasteiger partial charge in [0.2, 0.25) is 0 Å². The number of anilines is 3. The molecule has 0 aliphatic heterocycles. The van der Waals surface area contributed by atoms with Gasteiger partial charge in [-0.2, -0.15) is 0 Å². The second-order valence-corrected chi connectivity index (χ2v) is 7.51. The highest BCUT2D eigenvalue weighted by atomic mass is 16.4. The van der Waals surface area contributed by atoms with Crippen LogP contribution in [0.25, 0.3) is 0 Å². The van der Waals surface area contributed by atoms with Crippen molar-refractivity contribution in [1.29, 1.82) is 0 Å². The number of para-hydroxylation sites is 1. The Morgan fingerprint density at radius 1 is 1.17 bits per heavy atom. The lowest BCUT2D eigenvalue weighted by atomic mass is 9.82. The van der Waals surface area contributed by atoms with E-state index in [4.69, 9.17) is 0 Å². The zero-order chi connectivity index (χ0) is 20.9. The molecule has 30 heavy (non-hydrogen) atoms. The summed E-state index contributed by atoms with van der Waals surface area (Å²) < 4.78 is 0. The Morgan fingerprint density at radius 3 is 2.80 bits per heavy atom. The van der Waals surface area contributed by atoms with Crippen LogP contribution in [0.15, 0.2) is 79.3 Å². The molecule has 152 valence electrons. The van der Waals surface area contributed by atoms with Gasteiger partial charge in [0.15, 0.2) is 0 Å². The van der Waals surface area contributed by atoms with Crippen LogP contribution in [0, 0.1) is 0 Å². The maximum Gasteiger partial charge on any atom is 0.337 e. The van der Waals surface area contributed by atoms with Crippen molar-refractivity contribution in [2.24, 2.45) is 0 Å². The summed E-state index contributed by atoms with van der Waals surface area (Å²) in [6, 6.07) is 18.5. The molecular formula is C25H25N3O2. The van der Waals surface area contributed by atoms with Gasteiger partial charge >= 0.3 is 5.97 Å². The van der Waals surface area contributed by atoms with Crippen molar-refractivity contribution >= 4 is 23.0 Å². The number of benzene rings is 2. The first-order valence-electron chi connectivity index (χ1n) is 10.2. The van der Waals surface area contributed by atoms with E-state index in [0.717, 1.165) is 19.3 Å². The molecule has 1 atom stereocenters. The molecule has 0 radical (unpaired) electrons. The molecule has 2 N–H and O–H groups in total. The predicted molar refractivity (Wildman–Crippen MR) is 121 cm³/mol. The minimum atomic E-state index is -0.966. The number of hydrogen-bond donors (Lipinski definition) is 2. The van der Waals surface area contributed by atoms with E-state index < -0.39 is 5.97 Å². The molecular weight excluding hydrogens is 374 g/mol. The van der Waals surface area contributed by atoms with Crippen molar-refractivity contribution < 1.29 is 9.90 Å². The van der Waals surface area contributed by atoms with Gasteiger partial charge < -0.3 is 15.3 Å². The predicted octanol–water partition coefficient (Wildman–Crippen LogP) is 5.59. The average Bonchev–Trinajstić information content (AvgIpc) is 2.79. The number of nitrogens with one attached hydrogen (secondary N) is 1. The molecule has 0 fully saturated rings. The van der Waals surface area contributed by atoms with Crippen molar-refractivity contribution in [2.45, 2.75) is 25.2 Å². The van der Waals surface area contributed by atoms with Crippen LogP contribution in [0.3, 0.4) is 0 Å². The van der Waals surface area contributed by atoms with Gasteiger partial charge in [0, 0.05) is 30.5 Å². The first-order valence-corrected chi connectivity index (χ1v) is 10.2. The number of carboxylic acids is 1. The summed E-state index contributed by atoms with van der Waals surface area (Å²) in [6.45, 7) is 0. The van der Waals surface area contributed by atoms with Crippen LogP contribution in [0.2, 0.25) is 0 Å². The number of fused-ring (bicyclic) bond motifs is 1. The molecule has 1 aromatic heterocycles. The SMILES string of the molecule is CN(c1ccccc1)c1ccc2c(c1)CCCC2/C=C/Nc1cnccc1C(=O)O. The number of aryl methyl sites for hydroxylation is 1. The van der Waals surface area contributed by atoms with Crippen molar-refractivity contribution in [2.75, 3.05) is 17.3 Å². The van der Waals surface area contributed by atoms with Crippen LogP contribution < -0.4 is 10.2 Å². The Balaban J connectivity index is 1.52. The monoisotopic (exact) mass is 399 g/mol. The largest absolute Gasteiger partial charge is 0.478 e. The van der Waals surface area contributed by atoms with Crippen LogP contribution >= 0.6 is 0 Å². The van der Waals surface area contributed by atoms with E-state index in [1.807, 2.05) is 12.3 Å². The summed E-state index contributed by atoms with van der Waals surface area (Å²) >= 11 is 0. The van der Waals surface area contributed by atoms with Gasteiger partial charge in [-0.15, -0.1) is 0 Å². The molecule has 0 spiro atoms. The second kappa shape index (κ2) is 8.82. The molecule has 3 aromatic rings. The third kappa shape index (κ3) is 4.20. The van der Waals surface area contributed by atoms with Crippen LogP contribution in [-0.2, 0) is 6.42 Å². The highest BCUT2D eigenvalue weighted by Crippen LogP contribution is 2.36. The van der Waals surface area contributed by atoms with E-state index in [9.17, 15) is 9.90 Å². The van der Waals surface area contributed by atoms with E-state index in [2.05, 4.69) is 70.8 Å². The summed E-state index contributed by atoms with van der Waals surface area (Å²) in [4.78, 5) is 17.6. The number of carboxylic acid groups (broad SMARTS) is 1. The number of nitrogens with zero attached hydrogens (tertiary/aromatic N) is 2. The van der Waals surface area contributed by atoms with E-state index in [-0.39, 0.29) is 5.56 Å². The minimum Gasteiger partial charge on any atom is -0.478 e. The van der Waals surface area contributed by atoms with Crippen LogP contribution in [0.5, 0.6) is 0 Å². The molecule has 1 heterocycles. The second-order valence-electron chi connectivity index (χ2n) is 7.51. The number of hydrogen-bond acceptors (Lipinski definition) is 4. The lowest BCUT2D eigenvalue weighted by Gasteiger charge is -2.26. The van der Waals surface area contributed by atoms with Gasteiger partial charge in [-0.3, -0.25) is 4.98 Å². The normalized spacial score (nSPS) is 15.6. The topological polar surface area (TPSA) is 65.5 Å². The van der Waals surface area contributed by atoms with Gasteiger partial charge in [-0.05, 0) is 66.9 Å². The highest BCUT2D eigenvalue weighted by Gasteiger charge is 2.19. The molecule has 4 rings (SSSR count). The van der Waals surface area contributed by atoms with Gasteiger partial charge in [-0.1, -0.05) is 30.3 Å². The standard InChI is InChI=1S/C25H25N3O2/c1-28(20-8-3-2-4-9-20)21-10-11-22-18(6-5-7-19(22)16-21)12-15-27-24-17-26-14-13-23(24)25(29)30/h2-4,8-18,27H,5-7H2,1H3,(H,29,30)/b15-12+. The van der Waals surface area contributed by atoms with Crippen LogP contribution in [0.1, 0.15) is 40.2 Å². The first-order chi connectivity index (χ1) is 14.6. The van der Waals surface area contributed by atoms with Crippen LogP contribution in [-0.4, -0.2) is 23.1 Å². The lowest BCUT2D eigenvalue weighted by Crippen LogP contribution is -2.13. The van der Waals surface area contributed by atoms with Crippen molar-refractivity contribution in [1.82, 2.24) is 4.98 Å². The lowest BCUT2D eigenvalue weighted by molar-refractivity contribution is 0.0698. The molecule has 0 saturated heterocycles. The fraction of sp³-hybridized carbons (Fsp3) is 0.200. The van der Waals surface area contributed by atoms with Gasteiger partial charge in [0.25, 0.3) is 0 Å². The number of pyridine rings is 1. The average molecular weight is 399 g/mol. The number of aromatic nitrogens is 1. The van der Waals surface area contributed by atoms with Crippen molar-refractivity contribution in [3.05, 3.63) is 96.0 Å². The van der Waals surface area contributed by atoms with E-state index in [0.29, 0.717) is 11.6 Å². The minimum absolute atomic E-state index is 0.215. The zero-order valence-corrected chi connectivity index (χ0v) is 17.0. The summed E-state index contributed by atoms with van der Waals surface area (Å²) in [7, 11) is 2.09. The van der Waals surface area contributed by atoms with Crippen molar-refractivity contribution in [3.63, 3.8) is 0 Å². The molecule has 0 saturated carbocycles. The van der Waals surface area contributed by atoms with Gasteiger partial charge in [0.1, 0.15) is 0 Å². The summed E-state index contributed by atoms with van der Waals surface area (Å²) in [5.74, 6) is -0.659. The molecule has 0 bridgehead atoms. The number of rotatable bonds is 6. The van der Waals surface area contributed by atoms with Crippen molar-refractivity contribution in [3.8, 4) is 0 Å².